The summed E-state index contributed by atoms with van der Waals surface area (Å²) in [4.78, 5) is 17.9. The third-order valence-electron chi connectivity index (χ3n) is 5.00. The Morgan fingerprint density at radius 1 is 1.04 bits per heavy atom. The van der Waals surface area contributed by atoms with Crippen molar-refractivity contribution in [2.24, 2.45) is 0 Å². The predicted octanol–water partition coefficient (Wildman–Crippen LogP) is 4.75. The zero-order valence-electron chi connectivity index (χ0n) is 15.1. The molecule has 0 bridgehead atoms. The van der Waals surface area contributed by atoms with Gasteiger partial charge in [0.1, 0.15) is 11.4 Å². The Morgan fingerprint density at radius 2 is 1.89 bits per heavy atom. The second kappa shape index (κ2) is 6.85. The van der Waals surface area contributed by atoms with Crippen LogP contribution in [0.2, 0.25) is 0 Å². The van der Waals surface area contributed by atoms with Crippen molar-refractivity contribution in [3.8, 4) is 17.2 Å². The molecule has 3 heterocycles. The van der Waals surface area contributed by atoms with Gasteiger partial charge in [-0.3, -0.25) is 4.79 Å². The minimum Gasteiger partial charge on any atom is -0.493 e. The van der Waals surface area contributed by atoms with Crippen LogP contribution in [0.15, 0.2) is 77.4 Å². The largest absolute Gasteiger partial charge is 0.493 e. The number of furan rings is 1. The summed E-state index contributed by atoms with van der Waals surface area (Å²) in [6.45, 7) is 0.580. The molecule has 5 rings (SSSR count). The Hall–Kier alpha value is -3.60. The number of nitrogens with one attached hydrogen (secondary N) is 1. The number of hydrogen-bond acceptors (Lipinski definition) is 4. The summed E-state index contributed by atoms with van der Waals surface area (Å²) >= 11 is 0. The Bertz CT molecular complexity index is 1150. The number of fused-ring (bicyclic) bond motifs is 2. The normalized spacial score (nSPS) is 15.6. The number of carbonyl (C=O) groups excluding carboxylic acids is 1. The van der Waals surface area contributed by atoms with Crippen LogP contribution >= 0.6 is 0 Å². The molecule has 1 aliphatic heterocycles. The van der Waals surface area contributed by atoms with Gasteiger partial charge in [0.15, 0.2) is 5.76 Å². The molecule has 0 saturated heterocycles. The van der Waals surface area contributed by atoms with Gasteiger partial charge in [0.2, 0.25) is 0 Å². The maximum atomic E-state index is 13.2. The van der Waals surface area contributed by atoms with Crippen molar-refractivity contribution in [2.45, 2.75) is 12.5 Å². The molecule has 1 unspecified atom stereocenters. The van der Waals surface area contributed by atoms with Gasteiger partial charge in [-0.1, -0.05) is 36.4 Å². The molecule has 0 spiro atoms. The summed E-state index contributed by atoms with van der Waals surface area (Å²) in [7, 11) is 0. The van der Waals surface area contributed by atoms with Crippen LogP contribution in [0.3, 0.4) is 0 Å². The quantitative estimate of drug-likeness (QED) is 0.565. The van der Waals surface area contributed by atoms with Gasteiger partial charge in [-0.2, -0.15) is 0 Å². The molecule has 1 atom stereocenters. The van der Waals surface area contributed by atoms with E-state index < -0.39 is 0 Å². The number of benzene rings is 2. The molecule has 1 aliphatic rings. The standard InChI is InChI=1S/C23H18N2O3/c26-23(25-19-11-13-28-21-9-4-2-7-16(19)21)17-14-20(22-10-5-12-27-22)24-18-8-3-1-6-15(17)18/h1-10,12,14,19H,11,13H2,(H,25,26). The molecular weight excluding hydrogens is 352 g/mol. The van der Waals surface area contributed by atoms with E-state index in [1.807, 2.05) is 60.7 Å². The van der Waals surface area contributed by atoms with Crippen LogP contribution in [0, 0.1) is 0 Å². The first-order valence-electron chi connectivity index (χ1n) is 9.26. The fourth-order valence-corrected chi connectivity index (χ4v) is 3.64. The van der Waals surface area contributed by atoms with E-state index in [4.69, 9.17) is 9.15 Å². The Morgan fingerprint density at radius 3 is 2.79 bits per heavy atom. The molecule has 28 heavy (non-hydrogen) atoms. The number of rotatable bonds is 3. The number of carbonyl (C=O) groups is 1. The van der Waals surface area contributed by atoms with E-state index in [-0.39, 0.29) is 11.9 Å². The number of amides is 1. The van der Waals surface area contributed by atoms with Crippen molar-refractivity contribution < 1.29 is 13.9 Å². The Kier molecular flexibility index (Phi) is 4.05. The molecule has 5 heteroatoms. The van der Waals surface area contributed by atoms with Crippen molar-refractivity contribution in [3.05, 3.63) is 84.1 Å². The third kappa shape index (κ3) is 2.91. The van der Waals surface area contributed by atoms with Crippen LogP contribution in [0.1, 0.15) is 28.4 Å². The first kappa shape index (κ1) is 16.6. The first-order valence-corrected chi connectivity index (χ1v) is 9.26. The smallest absolute Gasteiger partial charge is 0.252 e. The SMILES string of the molecule is O=C(NC1CCOc2ccccc21)c1cc(-c2ccco2)nc2ccccc12. The molecule has 0 radical (unpaired) electrons. The van der Waals surface area contributed by atoms with E-state index in [0.29, 0.717) is 23.6 Å². The van der Waals surface area contributed by atoms with Crippen LogP contribution in [-0.4, -0.2) is 17.5 Å². The highest BCUT2D eigenvalue weighted by Crippen LogP contribution is 2.32. The minimum atomic E-state index is -0.131. The summed E-state index contributed by atoms with van der Waals surface area (Å²) in [6.07, 6.45) is 2.34. The molecule has 0 aliphatic carbocycles. The van der Waals surface area contributed by atoms with E-state index >= 15 is 0 Å². The highest BCUT2D eigenvalue weighted by Gasteiger charge is 2.24. The van der Waals surface area contributed by atoms with E-state index in [1.165, 1.54) is 0 Å². The van der Waals surface area contributed by atoms with Gasteiger partial charge >= 0.3 is 0 Å². The van der Waals surface area contributed by atoms with Crippen molar-refractivity contribution in [1.82, 2.24) is 10.3 Å². The number of nitrogens with zero attached hydrogens (tertiary/aromatic N) is 1. The third-order valence-corrected chi connectivity index (χ3v) is 5.00. The fourth-order valence-electron chi connectivity index (χ4n) is 3.64. The average Bonchev–Trinajstić information content (AvgIpc) is 3.28. The molecule has 0 saturated carbocycles. The van der Waals surface area contributed by atoms with Gasteiger partial charge in [-0.05, 0) is 30.3 Å². The van der Waals surface area contributed by atoms with Crippen molar-refractivity contribution in [3.63, 3.8) is 0 Å². The van der Waals surface area contributed by atoms with Crippen LogP contribution < -0.4 is 10.1 Å². The van der Waals surface area contributed by atoms with Gasteiger partial charge in [-0.15, -0.1) is 0 Å². The molecule has 4 aromatic rings. The fraction of sp³-hybridized carbons (Fsp3) is 0.130. The molecule has 1 N–H and O–H groups in total. The summed E-state index contributed by atoms with van der Waals surface area (Å²) in [5.41, 5.74) is 2.99. The molecular formula is C23H18N2O3. The average molecular weight is 370 g/mol. The van der Waals surface area contributed by atoms with Gasteiger partial charge in [0, 0.05) is 17.4 Å². The van der Waals surface area contributed by atoms with Gasteiger partial charge < -0.3 is 14.5 Å². The second-order valence-corrected chi connectivity index (χ2v) is 6.75. The highest BCUT2D eigenvalue weighted by molar-refractivity contribution is 6.07. The molecule has 2 aromatic carbocycles. The van der Waals surface area contributed by atoms with Crippen molar-refractivity contribution in [2.75, 3.05) is 6.61 Å². The van der Waals surface area contributed by atoms with Gasteiger partial charge in [-0.25, -0.2) is 4.98 Å². The number of pyridine rings is 1. The number of hydrogen-bond donors (Lipinski definition) is 1. The van der Waals surface area contributed by atoms with Crippen LogP contribution in [0.25, 0.3) is 22.4 Å². The summed E-state index contributed by atoms with van der Waals surface area (Å²) in [5.74, 6) is 1.33. The molecule has 1 amide bonds. The van der Waals surface area contributed by atoms with E-state index in [2.05, 4.69) is 10.3 Å². The van der Waals surface area contributed by atoms with Crippen LogP contribution in [-0.2, 0) is 0 Å². The van der Waals surface area contributed by atoms with E-state index in [9.17, 15) is 4.79 Å². The lowest BCUT2D eigenvalue weighted by atomic mass is 9.99. The van der Waals surface area contributed by atoms with Gasteiger partial charge in [0.25, 0.3) is 5.91 Å². The highest BCUT2D eigenvalue weighted by atomic mass is 16.5. The van der Waals surface area contributed by atoms with Crippen molar-refractivity contribution >= 4 is 16.8 Å². The van der Waals surface area contributed by atoms with Crippen LogP contribution in [0.4, 0.5) is 0 Å². The Labute approximate surface area is 162 Å². The topological polar surface area (TPSA) is 64.4 Å². The Balaban J connectivity index is 1.55. The van der Waals surface area contributed by atoms with E-state index in [1.54, 1.807) is 12.3 Å². The number of para-hydroxylation sites is 2. The summed E-state index contributed by atoms with van der Waals surface area (Å²) < 4.78 is 11.2. The first-order chi connectivity index (χ1) is 13.8. The molecule has 138 valence electrons. The second-order valence-electron chi connectivity index (χ2n) is 6.75. The maximum Gasteiger partial charge on any atom is 0.252 e. The lowest BCUT2D eigenvalue weighted by Crippen LogP contribution is -2.32. The summed E-state index contributed by atoms with van der Waals surface area (Å²) in [5, 5.41) is 3.99. The zero-order valence-corrected chi connectivity index (χ0v) is 15.1. The molecule has 5 nitrogen and oxygen atoms in total. The maximum absolute atomic E-state index is 13.2. The number of aromatic nitrogens is 1. The zero-order chi connectivity index (χ0) is 18.9. The lowest BCUT2D eigenvalue weighted by molar-refractivity contribution is 0.0926. The number of ether oxygens (including phenoxy) is 1. The molecule has 0 fully saturated rings. The minimum absolute atomic E-state index is 0.0866. The predicted molar refractivity (Wildman–Crippen MR) is 106 cm³/mol. The van der Waals surface area contributed by atoms with Crippen molar-refractivity contribution in [1.29, 1.82) is 0 Å². The van der Waals surface area contributed by atoms with Crippen LogP contribution in [0.5, 0.6) is 5.75 Å². The molecule has 2 aromatic heterocycles. The monoisotopic (exact) mass is 370 g/mol. The lowest BCUT2D eigenvalue weighted by Gasteiger charge is -2.26. The van der Waals surface area contributed by atoms with E-state index in [0.717, 1.165) is 28.6 Å². The summed E-state index contributed by atoms with van der Waals surface area (Å²) in [6, 6.07) is 20.8. The van der Waals surface area contributed by atoms with Gasteiger partial charge in [0.05, 0.1) is 30.0 Å².